The Balaban J connectivity index is 1.40. The van der Waals surface area contributed by atoms with E-state index in [2.05, 4.69) is 10.1 Å². The molecule has 0 unspecified atom stereocenters. The predicted octanol–water partition coefficient (Wildman–Crippen LogP) is 3.25. The van der Waals surface area contributed by atoms with Gasteiger partial charge in [-0.15, -0.1) is 0 Å². The molecule has 25 heavy (non-hydrogen) atoms. The molecule has 0 bridgehead atoms. The maximum Gasteiger partial charge on any atom is 0.292 e. The molecule has 4 rings (SSSR count). The number of fused-ring (bicyclic) bond motifs is 1. The molecule has 0 saturated carbocycles. The molecule has 1 aliphatic heterocycles. The molecule has 9 heteroatoms. The molecule has 1 aliphatic rings. The topological polar surface area (TPSA) is 68.5 Å². The van der Waals surface area contributed by atoms with Gasteiger partial charge in [-0.1, -0.05) is 16.5 Å². The lowest BCUT2D eigenvalue weighted by Gasteiger charge is -2.30. The lowest BCUT2D eigenvalue weighted by molar-refractivity contribution is 0.0558. The van der Waals surface area contributed by atoms with Crippen LogP contribution >= 0.6 is 11.3 Å². The second-order valence-corrected chi connectivity index (χ2v) is 6.69. The summed E-state index contributed by atoms with van der Waals surface area (Å²) in [7, 11) is 0. The molecule has 0 radical (unpaired) electrons. The molecule has 0 N–H and O–H groups in total. The van der Waals surface area contributed by atoms with Crippen LogP contribution in [0.1, 0.15) is 23.4 Å². The van der Waals surface area contributed by atoms with Crippen molar-refractivity contribution in [2.24, 2.45) is 0 Å². The number of amides is 1. The normalized spacial score (nSPS) is 15.7. The summed E-state index contributed by atoms with van der Waals surface area (Å²) in [4.78, 5) is 17.9. The highest BCUT2D eigenvalue weighted by Gasteiger charge is 2.27. The highest BCUT2D eigenvalue weighted by atomic mass is 32.1. The van der Waals surface area contributed by atoms with Crippen LogP contribution in [0.3, 0.4) is 0 Å². The van der Waals surface area contributed by atoms with Crippen LogP contribution in [0.25, 0.3) is 10.2 Å². The molecular formula is C16H13F2N3O3S. The van der Waals surface area contributed by atoms with Crippen LogP contribution in [0.15, 0.2) is 28.9 Å². The molecule has 0 aliphatic carbocycles. The second-order valence-electron chi connectivity index (χ2n) is 5.70. The lowest BCUT2D eigenvalue weighted by Crippen LogP contribution is -2.41. The minimum atomic E-state index is -0.700. The van der Waals surface area contributed by atoms with Gasteiger partial charge in [-0.3, -0.25) is 4.79 Å². The van der Waals surface area contributed by atoms with Crippen molar-refractivity contribution in [1.29, 1.82) is 0 Å². The van der Waals surface area contributed by atoms with E-state index in [1.54, 1.807) is 4.90 Å². The first-order chi connectivity index (χ1) is 12.1. The first-order valence-corrected chi connectivity index (χ1v) is 8.54. The molecule has 1 fully saturated rings. The quantitative estimate of drug-likeness (QED) is 0.713. The smallest absolute Gasteiger partial charge is 0.292 e. The monoisotopic (exact) mass is 365 g/mol. The number of halogens is 2. The molecule has 0 spiro atoms. The van der Waals surface area contributed by atoms with Crippen molar-refractivity contribution in [3.63, 3.8) is 0 Å². The Hall–Kier alpha value is -2.55. The van der Waals surface area contributed by atoms with Crippen LogP contribution in [0.4, 0.5) is 8.78 Å². The van der Waals surface area contributed by atoms with Crippen molar-refractivity contribution >= 4 is 27.5 Å². The van der Waals surface area contributed by atoms with Crippen molar-refractivity contribution in [3.8, 4) is 5.19 Å². The number of thiazole rings is 1. The van der Waals surface area contributed by atoms with Gasteiger partial charge >= 0.3 is 0 Å². The fourth-order valence-electron chi connectivity index (χ4n) is 2.79. The van der Waals surface area contributed by atoms with E-state index in [0.29, 0.717) is 35.8 Å². The first kappa shape index (κ1) is 15.9. The van der Waals surface area contributed by atoms with Gasteiger partial charge in [-0.25, -0.2) is 8.78 Å². The molecule has 1 saturated heterocycles. The van der Waals surface area contributed by atoms with Crippen molar-refractivity contribution in [1.82, 2.24) is 15.0 Å². The van der Waals surface area contributed by atoms with Crippen LogP contribution in [0.5, 0.6) is 5.19 Å². The fourth-order valence-corrected chi connectivity index (χ4v) is 3.71. The van der Waals surface area contributed by atoms with E-state index < -0.39 is 11.6 Å². The Labute approximate surface area is 145 Å². The number of piperidine rings is 1. The molecule has 3 aromatic rings. The van der Waals surface area contributed by atoms with Gasteiger partial charge < -0.3 is 14.2 Å². The number of rotatable bonds is 3. The number of aromatic nitrogens is 2. The molecule has 1 aromatic carbocycles. The average Bonchev–Trinajstić information content (AvgIpc) is 3.24. The lowest BCUT2D eigenvalue weighted by atomic mass is 10.1. The van der Waals surface area contributed by atoms with E-state index in [-0.39, 0.29) is 23.3 Å². The maximum atomic E-state index is 13.7. The highest BCUT2D eigenvalue weighted by Crippen LogP contribution is 2.32. The molecule has 3 heterocycles. The van der Waals surface area contributed by atoms with Crippen molar-refractivity contribution in [2.45, 2.75) is 18.9 Å². The zero-order valence-electron chi connectivity index (χ0n) is 12.9. The van der Waals surface area contributed by atoms with E-state index in [9.17, 15) is 13.6 Å². The summed E-state index contributed by atoms with van der Waals surface area (Å²) in [5.41, 5.74) is 0.110. The van der Waals surface area contributed by atoms with Crippen LogP contribution in [0.2, 0.25) is 0 Å². The maximum absolute atomic E-state index is 13.7. The number of benzene rings is 1. The Kier molecular flexibility index (Phi) is 4.08. The molecule has 6 nitrogen and oxygen atoms in total. The zero-order valence-corrected chi connectivity index (χ0v) is 13.8. The largest absolute Gasteiger partial charge is 0.467 e. The van der Waals surface area contributed by atoms with Gasteiger partial charge in [0, 0.05) is 38.1 Å². The average molecular weight is 365 g/mol. The summed E-state index contributed by atoms with van der Waals surface area (Å²) in [6.45, 7) is 1.02. The van der Waals surface area contributed by atoms with Crippen LogP contribution in [-0.2, 0) is 0 Å². The van der Waals surface area contributed by atoms with Gasteiger partial charge in [0.05, 0.1) is 10.9 Å². The molecule has 2 aromatic heterocycles. The number of likely N-dealkylation sites (tertiary alicyclic amines) is 1. The fraction of sp³-hybridized carbons (Fsp3) is 0.312. The Morgan fingerprint density at radius 2 is 2.12 bits per heavy atom. The number of hydrogen-bond donors (Lipinski definition) is 0. The standard InChI is InChI=1S/C16H13F2N3O3S/c17-9-7-11(18)14-13(8-9)25-16(20-14)23-10-2-5-21(6-3-10)15(22)12-1-4-19-24-12/h1,4,7-8,10H,2-3,5-6H2. The third kappa shape index (κ3) is 3.19. The van der Waals surface area contributed by atoms with E-state index in [0.717, 1.165) is 17.4 Å². The van der Waals surface area contributed by atoms with E-state index >= 15 is 0 Å². The van der Waals surface area contributed by atoms with Gasteiger partial charge in [0.25, 0.3) is 11.1 Å². The molecule has 1 amide bonds. The number of ether oxygens (including phenoxy) is 1. The minimum Gasteiger partial charge on any atom is -0.467 e. The zero-order chi connectivity index (χ0) is 17.4. The SMILES string of the molecule is O=C(c1ccno1)N1CCC(Oc2nc3c(F)cc(F)cc3s2)CC1. The van der Waals surface area contributed by atoms with Gasteiger partial charge in [-0.05, 0) is 6.07 Å². The summed E-state index contributed by atoms with van der Waals surface area (Å²) in [6.07, 6.45) is 2.53. The van der Waals surface area contributed by atoms with Gasteiger partial charge in [0.15, 0.2) is 5.82 Å². The summed E-state index contributed by atoms with van der Waals surface area (Å²) in [5, 5.41) is 3.84. The van der Waals surface area contributed by atoms with Gasteiger partial charge in [-0.2, -0.15) is 4.98 Å². The second kappa shape index (κ2) is 6.40. The highest BCUT2D eigenvalue weighted by molar-refractivity contribution is 7.20. The van der Waals surface area contributed by atoms with Crippen LogP contribution in [0, 0.1) is 11.6 Å². The summed E-state index contributed by atoms with van der Waals surface area (Å²) in [5.74, 6) is -1.33. The number of carbonyl (C=O) groups is 1. The summed E-state index contributed by atoms with van der Waals surface area (Å²) in [6, 6.07) is 3.57. The predicted molar refractivity (Wildman–Crippen MR) is 85.6 cm³/mol. The first-order valence-electron chi connectivity index (χ1n) is 7.72. The Morgan fingerprint density at radius 3 is 2.84 bits per heavy atom. The van der Waals surface area contributed by atoms with Crippen LogP contribution < -0.4 is 4.74 Å². The van der Waals surface area contributed by atoms with E-state index in [1.807, 2.05) is 0 Å². The summed E-state index contributed by atoms with van der Waals surface area (Å²) >= 11 is 1.11. The van der Waals surface area contributed by atoms with Gasteiger partial charge in [0.2, 0.25) is 5.76 Å². The van der Waals surface area contributed by atoms with Gasteiger partial charge in [0.1, 0.15) is 17.4 Å². The number of carbonyl (C=O) groups excluding carboxylic acids is 1. The molecule has 0 atom stereocenters. The number of hydrogen-bond acceptors (Lipinski definition) is 6. The third-order valence-electron chi connectivity index (χ3n) is 4.04. The van der Waals surface area contributed by atoms with E-state index in [1.165, 1.54) is 18.3 Å². The Morgan fingerprint density at radius 1 is 1.32 bits per heavy atom. The molecule has 130 valence electrons. The van der Waals surface area contributed by atoms with Crippen molar-refractivity contribution < 1.29 is 22.8 Å². The summed E-state index contributed by atoms with van der Waals surface area (Å²) < 4.78 is 38.0. The third-order valence-corrected chi connectivity index (χ3v) is 4.93. The van der Waals surface area contributed by atoms with Crippen molar-refractivity contribution in [2.75, 3.05) is 13.1 Å². The van der Waals surface area contributed by atoms with Crippen LogP contribution in [-0.4, -0.2) is 40.1 Å². The molecular weight excluding hydrogens is 352 g/mol. The Bertz CT molecular complexity index is 905. The number of nitrogens with zero attached hydrogens (tertiary/aromatic N) is 3. The van der Waals surface area contributed by atoms with E-state index in [4.69, 9.17) is 9.26 Å². The van der Waals surface area contributed by atoms with Crippen molar-refractivity contribution in [3.05, 3.63) is 41.8 Å². The minimum absolute atomic E-state index is 0.110.